The van der Waals surface area contributed by atoms with Crippen LogP contribution in [0.15, 0.2) is 18.2 Å². The molecule has 2 aliphatic rings. The molecule has 1 fully saturated rings. The topological polar surface area (TPSA) is 21.3 Å². The van der Waals surface area contributed by atoms with E-state index in [1.165, 1.54) is 36.8 Å². The molecule has 1 N–H and O–H groups in total. The van der Waals surface area contributed by atoms with E-state index in [0.717, 1.165) is 25.3 Å². The predicted octanol–water partition coefficient (Wildman–Crippen LogP) is 2.65. The monoisotopic (exact) mass is 231 g/mol. The van der Waals surface area contributed by atoms with Gasteiger partial charge in [-0.15, -0.1) is 0 Å². The predicted molar refractivity (Wildman–Crippen MR) is 69.7 cm³/mol. The molecule has 1 aromatic carbocycles. The lowest BCUT2D eigenvalue weighted by Gasteiger charge is -2.31. The van der Waals surface area contributed by atoms with Crippen LogP contribution in [0.4, 0.5) is 0 Å². The highest BCUT2D eigenvalue weighted by molar-refractivity contribution is 5.47. The molecule has 0 saturated heterocycles. The fourth-order valence-corrected chi connectivity index (χ4v) is 3.67. The van der Waals surface area contributed by atoms with E-state index in [0.29, 0.717) is 5.41 Å². The third-order valence-electron chi connectivity index (χ3n) is 4.46. The van der Waals surface area contributed by atoms with Crippen LogP contribution in [0.5, 0.6) is 5.75 Å². The molecule has 2 heteroatoms. The van der Waals surface area contributed by atoms with Gasteiger partial charge in [-0.2, -0.15) is 0 Å². The van der Waals surface area contributed by atoms with Gasteiger partial charge in [-0.3, -0.25) is 0 Å². The normalized spacial score (nSPS) is 22.2. The molecule has 0 amide bonds. The zero-order chi connectivity index (χ0) is 11.7. The van der Waals surface area contributed by atoms with E-state index in [4.69, 9.17) is 4.74 Å². The van der Waals surface area contributed by atoms with Gasteiger partial charge in [0.15, 0.2) is 0 Å². The Morgan fingerprint density at radius 2 is 2.06 bits per heavy atom. The summed E-state index contributed by atoms with van der Waals surface area (Å²) in [5.74, 6) is 1.10. The van der Waals surface area contributed by atoms with Crippen molar-refractivity contribution in [3.8, 4) is 5.75 Å². The molecule has 0 atom stereocenters. The average Bonchev–Trinajstić information content (AvgIpc) is 2.75. The van der Waals surface area contributed by atoms with Crippen LogP contribution in [-0.2, 0) is 11.8 Å². The van der Waals surface area contributed by atoms with E-state index in [9.17, 15) is 0 Å². The van der Waals surface area contributed by atoms with Crippen molar-refractivity contribution in [1.29, 1.82) is 0 Å². The second-order valence-electron chi connectivity index (χ2n) is 5.41. The fraction of sp³-hybridized carbons (Fsp3) is 0.600. The van der Waals surface area contributed by atoms with Crippen molar-refractivity contribution in [2.45, 2.75) is 37.5 Å². The molecule has 1 spiro atoms. The van der Waals surface area contributed by atoms with Gasteiger partial charge in [-0.1, -0.05) is 25.0 Å². The Labute approximate surface area is 103 Å². The second-order valence-corrected chi connectivity index (χ2v) is 5.41. The van der Waals surface area contributed by atoms with Gasteiger partial charge in [0.1, 0.15) is 5.75 Å². The number of fused-ring (bicyclic) bond motifs is 2. The molecule has 0 bridgehead atoms. The van der Waals surface area contributed by atoms with Crippen molar-refractivity contribution >= 4 is 0 Å². The zero-order valence-corrected chi connectivity index (χ0v) is 10.6. The lowest BCUT2D eigenvalue weighted by Crippen LogP contribution is -2.34. The Balaban J connectivity index is 2.15. The Morgan fingerprint density at radius 1 is 1.24 bits per heavy atom. The van der Waals surface area contributed by atoms with Gasteiger partial charge >= 0.3 is 0 Å². The van der Waals surface area contributed by atoms with Gasteiger partial charge in [-0.25, -0.2) is 0 Å². The van der Waals surface area contributed by atoms with Crippen molar-refractivity contribution in [1.82, 2.24) is 5.32 Å². The van der Waals surface area contributed by atoms with Gasteiger partial charge in [0.05, 0.1) is 7.11 Å². The number of ether oxygens (including phenoxy) is 1. The van der Waals surface area contributed by atoms with Crippen LogP contribution in [0, 0.1) is 0 Å². The van der Waals surface area contributed by atoms with Gasteiger partial charge in [0.25, 0.3) is 0 Å². The molecule has 1 aliphatic heterocycles. The number of hydrogen-bond acceptors (Lipinski definition) is 2. The van der Waals surface area contributed by atoms with Crippen LogP contribution in [0.3, 0.4) is 0 Å². The summed E-state index contributed by atoms with van der Waals surface area (Å²) in [5, 5.41) is 3.62. The fourth-order valence-electron chi connectivity index (χ4n) is 3.67. The molecule has 1 heterocycles. The van der Waals surface area contributed by atoms with Gasteiger partial charge in [0, 0.05) is 17.5 Å². The third kappa shape index (κ3) is 1.75. The molecule has 0 unspecified atom stereocenters. The molecule has 1 saturated carbocycles. The Hall–Kier alpha value is -1.02. The highest BCUT2D eigenvalue weighted by Crippen LogP contribution is 2.46. The Morgan fingerprint density at radius 3 is 2.82 bits per heavy atom. The molecule has 92 valence electrons. The smallest absolute Gasteiger partial charge is 0.122 e. The maximum Gasteiger partial charge on any atom is 0.122 e. The Kier molecular flexibility index (Phi) is 2.83. The van der Waals surface area contributed by atoms with E-state index < -0.39 is 0 Å². The standard InChI is InChI=1S/C15H21NO/c1-17-13-6-4-5-12-7-10-16-11-15(14(12)13)8-2-3-9-15/h4-6,16H,2-3,7-11H2,1H3. The molecule has 3 rings (SSSR count). The maximum atomic E-state index is 5.63. The number of methoxy groups -OCH3 is 1. The minimum absolute atomic E-state index is 0.346. The van der Waals surface area contributed by atoms with Crippen molar-refractivity contribution in [2.75, 3.05) is 20.2 Å². The quantitative estimate of drug-likeness (QED) is 0.802. The molecule has 0 radical (unpaired) electrons. The van der Waals surface area contributed by atoms with Crippen LogP contribution in [0.2, 0.25) is 0 Å². The minimum atomic E-state index is 0.346. The van der Waals surface area contributed by atoms with Crippen LogP contribution in [0.25, 0.3) is 0 Å². The minimum Gasteiger partial charge on any atom is -0.496 e. The van der Waals surface area contributed by atoms with E-state index in [1.54, 1.807) is 7.11 Å². The molecule has 0 aromatic heterocycles. The van der Waals surface area contributed by atoms with Gasteiger partial charge in [0.2, 0.25) is 0 Å². The highest BCUT2D eigenvalue weighted by atomic mass is 16.5. The Bertz CT molecular complexity index is 407. The summed E-state index contributed by atoms with van der Waals surface area (Å²) in [6, 6.07) is 6.54. The van der Waals surface area contributed by atoms with Crippen LogP contribution >= 0.6 is 0 Å². The van der Waals surface area contributed by atoms with Gasteiger partial charge in [-0.05, 0) is 37.4 Å². The summed E-state index contributed by atoms with van der Waals surface area (Å²) < 4.78 is 5.63. The molecular weight excluding hydrogens is 210 g/mol. The number of hydrogen-bond donors (Lipinski definition) is 1. The zero-order valence-electron chi connectivity index (χ0n) is 10.6. The van der Waals surface area contributed by atoms with E-state index in [2.05, 4.69) is 23.5 Å². The molecule has 1 aromatic rings. The maximum absolute atomic E-state index is 5.63. The highest BCUT2D eigenvalue weighted by Gasteiger charge is 2.40. The number of rotatable bonds is 1. The van der Waals surface area contributed by atoms with Gasteiger partial charge < -0.3 is 10.1 Å². The van der Waals surface area contributed by atoms with E-state index in [-0.39, 0.29) is 0 Å². The summed E-state index contributed by atoms with van der Waals surface area (Å²) in [5.41, 5.74) is 3.35. The number of nitrogens with one attached hydrogen (secondary N) is 1. The largest absolute Gasteiger partial charge is 0.496 e. The molecule has 1 aliphatic carbocycles. The van der Waals surface area contributed by atoms with E-state index in [1.807, 2.05) is 0 Å². The van der Waals surface area contributed by atoms with Crippen molar-refractivity contribution in [3.05, 3.63) is 29.3 Å². The van der Waals surface area contributed by atoms with Crippen molar-refractivity contribution in [3.63, 3.8) is 0 Å². The first kappa shape index (κ1) is 11.1. The summed E-state index contributed by atoms with van der Waals surface area (Å²) in [4.78, 5) is 0. The summed E-state index contributed by atoms with van der Waals surface area (Å²) in [6.07, 6.45) is 6.48. The summed E-state index contributed by atoms with van der Waals surface area (Å²) >= 11 is 0. The van der Waals surface area contributed by atoms with Crippen molar-refractivity contribution < 1.29 is 4.74 Å². The van der Waals surface area contributed by atoms with Crippen LogP contribution < -0.4 is 10.1 Å². The SMILES string of the molecule is COc1cccc2c1C1(CCCC1)CNCC2. The molecular formula is C15H21NO. The second kappa shape index (κ2) is 4.34. The first-order chi connectivity index (χ1) is 8.36. The first-order valence-corrected chi connectivity index (χ1v) is 6.73. The first-order valence-electron chi connectivity index (χ1n) is 6.73. The van der Waals surface area contributed by atoms with E-state index >= 15 is 0 Å². The summed E-state index contributed by atoms with van der Waals surface area (Å²) in [6.45, 7) is 2.22. The average molecular weight is 231 g/mol. The lowest BCUT2D eigenvalue weighted by atomic mass is 9.76. The van der Waals surface area contributed by atoms with Crippen molar-refractivity contribution in [2.24, 2.45) is 0 Å². The number of benzene rings is 1. The third-order valence-corrected chi connectivity index (χ3v) is 4.46. The summed E-state index contributed by atoms with van der Waals surface area (Å²) in [7, 11) is 1.80. The van der Waals surface area contributed by atoms with Crippen LogP contribution in [0.1, 0.15) is 36.8 Å². The lowest BCUT2D eigenvalue weighted by molar-refractivity contribution is 0.368. The van der Waals surface area contributed by atoms with Crippen LogP contribution in [-0.4, -0.2) is 20.2 Å². The molecule has 2 nitrogen and oxygen atoms in total. The molecule has 17 heavy (non-hydrogen) atoms.